The molecule has 0 unspecified atom stereocenters. The molecule has 0 saturated carbocycles. The summed E-state index contributed by atoms with van der Waals surface area (Å²) in [6.45, 7) is 1.77. The van der Waals surface area contributed by atoms with Crippen molar-refractivity contribution in [1.82, 2.24) is 25.0 Å². The lowest BCUT2D eigenvalue weighted by molar-refractivity contribution is 0.811. The van der Waals surface area contributed by atoms with E-state index in [0.29, 0.717) is 17.6 Å². The normalized spacial score (nSPS) is 10.2. The molecule has 0 bridgehead atoms. The van der Waals surface area contributed by atoms with Crippen LogP contribution in [0.5, 0.6) is 0 Å². The van der Waals surface area contributed by atoms with Gasteiger partial charge in [0.15, 0.2) is 5.82 Å². The van der Waals surface area contributed by atoms with Crippen molar-refractivity contribution in [2.45, 2.75) is 6.92 Å². The molecule has 66 valence electrons. The van der Waals surface area contributed by atoms with Gasteiger partial charge in [0.2, 0.25) is 5.95 Å². The van der Waals surface area contributed by atoms with Crippen LogP contribution in [0, 0.1) is 6.92 Å². The molecule has 6 nitrogen and oxygen atoms in total. The summed E-state index contributed by atoms with van der Waals surface area (Å²) in [5, 5.41) is 11.6. The topological polar surface area (TPSA) is 82.5 Å². The van der Waals surface area contributed by atoms with Crippen LogP contribution < -0.4 is 5.73 Å². The first-order chi connectivity index (χ1) is 6.27. The van der Waals surface area contributed by atoms with Gasteiger partial charge in [0, 0.05) is 6.20 Å². The van der Waals surface area contributed by atoms with E-state index in [1.807, 2.05) is 0 Å². The van der Waals surface area contributed by atoms with Crippen LogP contribution >= 0.6 is 0 Å². The lowest BCUT2D eigenvalue weighted by Gasteiger charge is -1.97. The van der Waals surface area contributed by atoms with Crippen LogP contribution in [0.2, 0.25) is 0 Å². The Kier molecular flexibility index (Phi) is 1.66. The molecule has 0 aliphatic heterocycles. The number of aromatic nitrogens is 5. The van der Waals surface area contributed by atoms with Gasteiger partial charge in [-0.3, -0.25) is 0 Å². The third-order valence-electron chi connectivity index (χ3n) is 1.51. The van der Waals surface area contributed by atoms with Crippen molar-refractivity contribution in [2.75, 3.05) is 5.73 Å². The number of nitrogen functional groups attached to an aromatic ring is 1. The standard InChI is InChI=1S/C7H8N6/c1-5-10-7(8)13(12-5)6-3-2-4-9-11-6/h2-4H,1H3,(H2,8,10,12). The summed E-state index contributed by atoms with van der Waals surface area (Å²) < 4.78 is 1.45. The summed E-state index contributed by atoms with van der Waals surface area (Å²) >= 11 is 0. The molecule has 2 N–H and O–H groups in total. The molecular weight excluding hydrogens is 168 g/mol. The molecule has 0 saturated heterocycles. The number of rotatable bonds is 1. The first-order valence-electron chi connectivity index (χ1n) is 3.74. The highest BCUT2D eigenvalue weighted by atomic mass is 15.4. The minimum absolute atomic E-state index is 0.318. The van der Waals surface area contributed by atoms with Gasteiger partial charge in [0.05, 0.1) is 0 Å². The van der Waals surface area contributed by atoms with Gasteiger partial charge in [-0.1, -0.05) is 0 Å². The quantitative estimate of drug-likeness (QED) is 0.658. The maximum Gasteiger partial charge on any atom is 0.225 e. The van der Waals surface area contributed by atoms with Crippen LogP contribution in [0.15, 0.2) is 18.3 Å². The van der Waals surface area contributed by atoms with Gasteiger partial charge in [0.25, 0.3) is 0 Å². The Labute approximate surface area is 74.4 Å². The van der Waals surface area contributed by atoms with Crippen LogP contribution in [-0.2, 0) is 0 Å². The minimum Gasteiger partial charge on any atom is -0.368 e. The van der Waals surface area contributed by atoms with Crippen molar-refractivity contribution in [3.8, 4) is 5.82 Å². The number of aryl methyl sites for hydroxylation is 1. The van der Waals surface area contributed by atoms with Crippen LogP contribution in [0.1, 0.15) is 5.82 Å². The number of nitrogens with zero attached hydrogens (tertiary/aromatic N) is 5. The number of hydrogen-bond acceptors (Lipinski definition) is 5. The highest BCUT2D eigenvalue weighted by molar-refractivity contribution is 5.29. The average Bonchev–Trinajstić information content (AvgIpc) is 2.47. The average molecular weight is 176 g/mol. The van der Waals surface area contributed by atoms with Crippen LogP contribution in [0.3, 0.4) is 0 Å². The van der Waals surface area contributed by atoms with Gasteiger partial charge < -0.3 is 5.73 Å². The Morgan fingerprint density at radius 2 is 2.31 bits per heavy atom. The van der Waals surface area contributed by atoms with Crippen LogP contribution in [-0.4, -0.2) is 25.0 Å². The molecule has 0 fully saturated rings. The SMILES string of the molecule is Cc1nc(N)n(-c2cccnn2)n1. The molecular formula is C7H8N6. The van der Waals surface area contributed by atoms with Crippen molar-refractivity contribution < 1.29 is 0 Å². The van der Waals surface area contributed by atoms with Crippen molar-refractivity contribution in [3.05, 3.63) is 24.2 Å². The molecule has 0 amide bonds. The first-order valence-corrected chi connectivity index (χ1v) is 3.74. The highest BCUT2D eigenvalue weighted by Gasteiger charge is 2.05. The molecule has 0 aliphatic rings. The third kappa shape index (κ3) is 1.33. The van der Waals surface area contributed by atoms with E-state index in [0.717, 1.165) is 0 Å². The zero-order valence-corrected chi connectivity index (χ0v) is 7.05. The van der Waals surface area contributed by atoms with E-state index in [-0.39, 0.29) is 0 Å². The molecule has 2 aromatic rings. The lowest BCUT2D eigenvalue weighted by atomic mass is 10.5. The summed E-state index contributed by atoms with van der Waals surface area (Å²) in [6, 6.07) is 3.52. The summed E-state index contributed by atoms with van der Waals surface area (Å²) in [5.41, 5.74) is 5.59. The predicted octanol–water partition coefficient (Wildman–Crippen LogP) is -0.0521. The first kappa shape index (κ1) is 7.66. The van der Waals surface area contributed by atoms with Crippen LogP contribution in [0.25, 0.3) is 5.82 Å². The van der Waals surface area contributed by atoms with Crippen molar-refractivity contribution in [1.29, 1.82) is 0 Å². The van der Waals surface area contributed by atoms with E-state index < -0.39 is 0 Å². The van der Waals surface area contributed by atoms with E-state index in [1.165, 1.54) is 4.68 Å². The number of hydrogen-bond donors (Lipinski definition) is 1. The Hall–Kier alpha value is -1.98. The van der Waals surface area contributed by atoms with E-state index in [4.69, 9.17) is 5.73 Å². The van der Waals surface area contributed by atoms with E-state index >= 15 is 0 Å². The molecule has 6 heteroatoms. The molecule has 0 spiro atoms. The monoisotopic (exact) mass is 176 g/mol. The van der Waals surface area contributed by atoms with Gasteiger partial charge in [-0.05, 0) is 19.1 Å². The molecule has 0 aromatic carbocycles. The number of anilines is 1. The van der Waals surface area contributed by atoms with Crippen LogP contribution in [0.4, 0.5) is 5.95 Å². The summed E-state index contributed by atoms with van der Waals surface area (Å²) in [4.78, 5) is 3.95. The lowest BCUT2D eigenvalue weighted by Crippen LogP contribution is -2.04. The van der Waals surface area contributed by atoms with Gasteiger partial charge in [-0.25, -0.2) is 0 Å². The molecule has 0 atom stereocenters. The Bertz CT molecular complexity index is 406. The van der Waals surface area contributed by atoms with E-state index in [1.54, 1.807) is 25.3 Å². The van der Waals surface area contributed by atoms with Gasteiger partial charge in [0.1, 0.15) is 5.82 Å². The zero-order valence-electron chi connectivity index (χ0n) is 7.05. The Morgan fingerprint density at radius 3 is 2.85 bits per heavy atom. The summed E-state index contributed by atoms with van der Waals surface area (Å²) in [6.07, 6.45) is 1.59. The highest BCUT2D eigenvalue weighted by Crippen LogP contribution is 2.05. The molecule has 2 rings (SSSR count). The smallest absolute Gasteiger partial charge is 0.225 e. The maximum atomic E-state index is 5.59. The van der Waals surface area contributed by atoms with E-state index in [2.05, 4.69) is 20.3 Å². The second-order valence-corrected chi connectivity index (χ2v) is 2.51. The van der Waals surface area contributed by atoms with Crippen molar-refractivity contribution in [2.24, 2.45) is 0 Å². The third-order valence-corrected chi connectivity index (χ3v) is 1.51. The summed E-state index contributed by atoms with van der Waals surface area (Å²) in [7, 11) is 0. The molecule has 2 aromatic heterocycles. The van der Waals surface area contributed by atoms with Gasteiger partial charge in [-0.2, -0.15) is 14.8 Å². The second kappa shape index (κ2) is 2.81. The molecule has 2 heterocycles. The largest absolute Gasteiger partial charge is 0.368 e. The Balaban J connectivity index is 2.53. The van der Waals surface area contributed by atoms with Gasteiger partial charge in [-0.15, -0.1) is 10.2 Å². The fraction of sp³-hybridized carbons (Fsp3) is 0.143. The Morgan fingerprint density at radius 1 is 1.46 bits per heavy atom. The second-order valence-electron chi connectivity index (χ2n) is 2.51. The van der Waals surface area contributed by atoms with Crippen molar-refractivity contribution in [3.63, 3.8) is 0 Å². The predicted molar refractivity (Wildman–Crippen MR) is 46.1 cm³/mol. The zero-order chi connectivity index (χ0) is 9.26. The van der Waals surface area contributed by atoms with Crippen molar-refractivity contribution >= 4 is 5.95 Å². The molecule has 13 heavy (non-hydrogen) atoms. The molecule has 0 radical (unpaired) electrons. The summed E-state index contributed by atoms with van der Waals surface area (Å²) in [5.74, 6) is 1.50. The maximum absolute atomic E-state index is 5.59. The fourth-order valence-electron chi connectivity index (χ4n) is 1.01. The minimum atomic E-state index is 0.318. The molecule has 0 aliphatic carbocycles. The van der Waals surface area contributed by atoms with E-state index in [9.17, 15) is 0 Å². The number of nitrogens with two attached hydrogens (primary N) is 1. The fourth-order valence-corrected chi connectivity index (χ4v) is 1.01. The van der Waals surface area contributed by atoms with Gasteiger partial charge >= 0.3 is 0 Å².